The van der Waals surface area contributed by atoms with E-state index in [1.54, 1.807) is 0 Å². The molecule has 30 heavy (non-hydrogen) atoms. The summed E-state index contributed by atoms with van der Waals surface area (Å²) in [6.07, 6.45) is 13.5. The van der Waals surface area contributed by atoms with Crippen LogP contribution in [0, 0.1) is 29.1 Å². The van der Waals surface area contributed by atoms with E-state index < -0.39 is 0 Å². The fourth-order valence-electron chi connectivity index (χ4n) is 7.27. The highest BCUT2D eigenvalue weighted by atomic mass is 16.2. The molecule has 168 valence electrons. The lowest BCUT2D eigenvalue weighted by Gasteiger charge is -2.44. The van der Waals surface area contributed by atoms with Crippen LogP contribution in [0.15, 0.2) is 0 Å². The number of nitrogens with zero attached hydrogens (tertiary/aromatic N) is 2. The second kappa shape index (κ2) is 8.44. The minimum absolute atomic E-state index is 0.113. The van der Waals surface area contributed by atoms with E-state index in [-0.39, 0.29) is 11.3 Å². The van der Waals surface area contributed by atoms with Crippen molar-refractivity contribution < 1.29 is 9.59 Å². The Morgan fingerprint density at radius 3 is 2.10 bits per heavy atom. The number of amides is 2. The predicted octanol–water partition coefficient (Wildman–Crippen LogP) is 3.43. The molecule has 5 aliphatic rings. The van der Waals surface area contributed by atoms with E-state index in [0.29, 0.717) is 11.8 Å². The van der Waals surface area contributed by atoms with Crippen LogP contribution in [0.5, 0.6) is 0 Å². The molecule has 2 heterocycles. The van der Waals surface area contributed by atoms with Crippen LogP contribution in [-0.2, 0) is 9.59 Å². The lowest BCUT2D eigenvalue weighted by atomic mass is 9.68. The van der Waals surface area contributed by atoms with Crippen molar-refractivity contribution in [1.82, 2.24) is 15.1 Å². The van der Waals surface area contributed by atoms with Gasteiger partial charge in [-0.05, 0) is 88.5 Å². The summed E-state index contributed by atoms with van der Waals surface area (Å²) < 4.78 is 0. The molecule has 2 amide bonds. The Kier molecular flexibility index (Phi) is 5.85. The van der Waals surface area contributed by atoms with Gasteiger partial charge in [0.15, 0.2) is 0 Å². The fraction of sp³-hybridized carbons (Fsp3) is 0.920. The molecule has 1 N–H and O–H groups in total. The molecule has 0 aromatic rings. The highest BCUT2D eigenvalue weighted by molar-refractivity contribution is 5.84. The number of fused-ring (bicyclic) bond motifs is 1. The third-order valence-electron chi connectivity index (χ3n) is 9.60. The second-order valence-corrected chi connectivity index (χ2v) is 11.3. The van der Waals surface area contributed by atoms with Crippen LogP contribution in [0.1, 0.15) is 77.6 Å². The van der Waals surface area contributed by atoms with E-state index in [1.165, 1.54) is 51.5 Å². The minimum Gasteiger partial charge on any atom is -0.339 e. The number of hydrogen-bond donors (Lipinski definition) is 1. The molecule has 0 bridgehead atoms. The Hall–Kier alpha value is -1.10. The van der Waals surface area contributed by atoms with Gasteiger partial charge in [-0.2, -0.15) is 0 Å². The predicted molar refractivity (Wildman–Crippen MR) is 118 cm³/mol. The van der Waals surface area contributed by atoms with Gasteiger partial charge in [0.25, 0.3) is 0 Å². The maximum Gasteiger partial charge on any atom is 0.228 e. The summed E-state index contributed by atoms with van der Waals surface area (Å²) >= 11 is 0. The zero-order valence-corrected chi connectivity index (χ0v) is 18.9. The van der Waals surface area contributed by atoms with Crippen molar-refractivity contribution in [3.63, 3.8) is 0 Å². The van der Waals surface area contributed by atoms with Crippen molar-refractivity contribution in [2.45, 2.75) is 83.6 Å². The van der Waals surface area contributed by atoms with Gasteiger partial charge in [-0.25, -0.2) is 0 Å². The summed E-state index contributed by atoms with van der Waals surface area (Å²) in [6, 6.07) is 0.782. The van der Waals surface area contributed by atoms with Crippen molar-refractivity contribution in [3.8, 4) is 0 Å². The minimum atomic E-state index is -0.113. The molecule has 5 fully saturated rings. The molecular weight excluding hydrogens is 374 g/mol. The number of rotatable bonds is 3. The molecule has 0 aromatic carbocycles. The van der Waals surface area contributed by atoms with E-state index in [0.717, 1.165) is 75.7 Å². The number of nitrogens with one attached hydrogen (secondary N) is 1. The van der Waals surface area contributed by atoms with Crippen molar-refractivity contribution in [2.24, 2.45) is 29.1 Å². The molecule has 5 nitrogen and oxygen atoms in total. The Bertz CT molecular complexity index is 645. The molecule has 5 heteroatoms. The molecule has 3 saturated carbocycles. The Labute approximate surface area is 182 Å². The third kappa shape index (κ3) is 3.91. The summed E-state index contributed by atoms with van der Waals surface area (Å²) in [5.74, 6) is 3.60. The van der Waals surface area contributed by atoms with Crippen LogP contribution in [-0.4, -0.2) is 60.4 Å². The summed E-state index contributed by atoms with van der Waals surface area (Å²) in [4.78, 5) is 30.0. The first-order chi connectivity index (χ1) is 14.5. The lowest BCUT2D eigenvalue weighted by Crippen LogP contribution is -2.56. The van der Waals surface area contributed by atoms with Crippen LogP contribution >= 0.6 is 0 Å². The van der Waals surface area contributed by atoms with Crippen molar-refractivity contribution in [3.05, 3.63) is 0 Å². The molecule has 5 rings (SSSR count). The maximum atomic E-state index is 13.1. The molecule has 2 saturated heterocycles. The monoisotopic (exact) mass is 415 g/mol. The standard InChI is InChI=1S/C25H41N3O2/c1-25(10-2-11-25)24(30)28-15-13-27(14-16-28)23(29)20-6-3-18(4-7-20)21-8-5-19-9-12-26-22(19)17-21/h18-22,26H,2-17H2,1H3. The zero-order valence-electron chi connectivity index (χ0n) is 18.9. The first-order valence-corrected chi connectivity index (χ1v) is 12.8. The second-order valence-electron chi connectivity index (χ2n) is 11.3. The van der Waals surface area contributed by atoms with Gasteiger partial charge < -0.3 is 15.1 Å². The van der Waals surface area contributed by atoms with Gasteiger partial charge in [-0.1, -0.05) is 13.3 Å². The van der Waals surface area contributed by atoms with E-state index >= 15 is 0 Å². The number of piperazine rings is 1. The normalized spacial score (nSPS) is 38.6. The molecule has 3 unspecified atom stereocenters. The maximum absolute atomic E-state index is 13.1. The van der Waals surface area contributed by atoms with Gasteiger partial charge in [-0.3, -0.25) is 9.59 Å². The van der Waals surface area contributed by atoms with Crippen LogP contribution in [0.4, 0.5) is 0 Å². The first kappa shape index (κ1) is 20.8. The Morgan fingerprint density at radius 1 is 0.800 bits per heavy atom. The topological polar surface area (TPSA) is 52.7 Å². The molecule has 0 aromatic heterocycles. The largest absolute Gasteiger partial charge is 0.339 e. The fourth-order valence-corrected chi connectivity index (χ4v) is 7.27. The number of hydrogen-bond acceptors (Lipinski definition) is 3. The van der Waals surface area contributed by atoms with Crippen LogP contribution < -0.4 is 5.32 Å². The molecular formula is C25H41N3O2. The van der Waals surface area contributed by atoms with Gasteiger partial charge in [0, 0.05) is 43.6 Å². The SMILES string of the molecule is CC1(C(=O)N2CCN(C(=O)C3CCC(C4CCC5CCNC5C4)CC3)CC2)CCC1. The average molecular weight is 416 g/mol. The van der Waals surface area contributed by atoms with Crippen LogP contribution in [0.3, 0.4) is 0 Å². The van der Waals surface area contributed by atoms with Gasteiger partial charge >= 0.3 is 0 Å². The summed E-state index contributed by atoms with van der Waals surface area (Å²) in [7, 11) is 0. The Balaban J connectivity index is 1.07. The van der Waals surface area contributed by atoms with Gasteiger partial charge in [-0.15, -0.1) is 0 Å². The first-order valence-electron chi connectivity index (χ1n) is 12.8. The highest BCUT2D eigenvalue weighted by Gasteiger charge is 2.43. The Morgan fingerprint density at radius 2 is 1.43 bits per heavy atom. The number of carbonyl (C=O) groups excluding carboxylic acids is 2. The molecule has 3 aliphatic carbocycles. The van der Waals surface area contributed by atoms with E-state index in [2.05, 4.69) is 17.1 Å². The van der Waals surface area contributed by atoms with Crippen LogP contribution in [0.25, 0.3) is 0 Å². The van der Waals surface area contributed by atoms with Crippen molar-refractivity contribution in [2.75, 3.05) is 32.7 Å². The van der Waals surface area contributed by atoms with E-state index in [1.807, 2.05) is 4.90 Å². The highest BCUT2D eigenvalue weighted by Crippen LogP contribution is 2.44. The summed E-state index contributed by atoms with van der Waals surface area (Å²) in [5.41, 5.74) is -0.113. The molecule has 0 radical (unpaired) electrons. The summed E-state index contributed by atoms with van der Waals surface area (Å²) in [5, 5.41) is 3.74. The smallest absolute Gasteiger partial charge is 0.228 e. The van der Waals surface area contributed by atoms with E-state index in [9.17, 15) is 9.59 Å². The van der Waals surface area contributed by atoms with Gasteiger partial charge in [0.05, 0.1) is 0 Å². The van der Waals surface area contributed by atoms with E-state index in [4.69, 9.17) is 0 Å². The zero-order chi connectivity index (χ0) is 20.7. The molecule has 0 spiro atoms. The van der Waals surface area contributed by atoms with Crippen molar-refractivity contribution >= 4 is 11.8 Å². The van der Waals surface area contributed by atoms with Gasteiger partial charge in [0.1, 0.15) is 0 Å². The molecule has 2 aliphatic heterocycles. The average Bonchev–Trinajstić information content (AvgIpc) is 3.24. The van der Waals surface area contributed by atoms with Gasteiger partial charge in [0.2, 0.25) is 11.8 Å². The van der Waals surface area contributed by atoms with Crippen LogP contribution in [0.2, 0.25) is 0 Å². The summed E-state index contributed by atoms with van der Waals surface area (Å²) in [6.45, 7) is 6.27. The van der Waals surface area contributed by atoms with Crippen molar-refractivity contribution in [1.29, 1.82) is 0 Å². The quantitative estimate of drug-likeness (QED) is 0.768. The molecule has 3 atom stereocenters. The number of carbonyl (C=O) groups is 2. The third-order valence-corrected chi connectivity index (χ3v) is 9.60. The lowest BCUT2D eigenvalue weighted by molar-refractivity contribution is -0.151.